The molecule has 0 aromatic heterocycles. The first-order valence-electron chi connectivity index (χ1n) is 4.79. The standard InChI is InChI=1S/C11H11FN2O/c12-9-3-1-8(2-4-9)10-5-6-11(13)14(10)7-15/h1-4,7,10,13H,5-6H2. The van der Waals surface area contributed by atoms with Crippen LogP contribution in [0.3, 0.4) is 0 Å². The van der Waals surface area contributed by atoms with Crippen LogP contribution in [0.4, 0.5) is 4.39 Å². The van der Waals surface area contributed by atoms with Gasteiger partial charge in [-0.05, 0) is 24.1 Å². The van der Waals surface area contributed by atoms with Crippen LogP contribution in [0.25, 0.3) is 0 Å². The number of halogens is 1. The second-order valence-electron chi connectivity index (χ2n) is 3.57. The van der Waals surface area contributed by atoms with Gasteiger partial charge in [0, 0.05) is 6.42 Å². The molecule has 4 heteroatoms. The molecule has 1 aliphatic heterocycles. The quantitative estimate of drug-likeness (QED) is 0.740. The number of hydrogen-bond acceptors (Lipinski definition) is 2. The van der Waals surface area contributed by atoms with E-state index in [0.717, 1.165) is 12.0 Å². The molecule has 1 aromatic carbocycles. The van der Waals surface area contributed by atoms with Gasteiger partial charge in [0.05, 0.1) is 6.04 Å². The monoisotopic (exact) mass is 206 g/mol. The van der Waals surface area contributed by atoms with E-state index in [1.54, 1.807) is 12.1 Å². The molecule has 1 atom stereocenters. The molecule has 0 saturated carbocycles. The lowest BCUT2D eigenvalue weighted by Gasteiger charge is -2.19. The highest BCUT2D eigenvalue weighted by atomic mass is 19.1. The minimum atomic E-state index is -0.288. The maximum Gasteiger partial charge on any atom is 0.215 e. The van der Waals surface area contributed by atoms with Crippen molar-refractivity contribution in [1.29, 1.82) is 5.41 Å². The molecule has 1 aliphatic rings. The molecular weight excluding hydrogens is 195 g/mol. The van der Waals surface area contributed by atoms with Crippen molar-refractivity contribution in [1.82, 2.24) is 4.90 Å². The van der Waals surface area contributed by atoms with Gasteiger partial charge in [0.2, 0.25) is 6.41 Å². The third-order valence-electron chi connectivity index (χ3n) is 2.67. The minimum Gasteiger partial charge on any atom is -0.296 e. The first-order valence-corrected chi connectivity index (χ1v) is 4.79. The predicted molar refractivity (Wildman–Crippen MR) is 54.0 cm³/mol. The number of nitrogens with one attached hydrogen (secondary N) is 1. The zero-order valence-electron chi connectivity index (χ0n) is 8.11. The highest BCUT2D eigenvalue weighted by Crippen LogP contribution is 2.31. The molecule has 1 fully saturated rings. The molecule has 0 aliphatic carbocycles. The third kappa shape index (κ3) is 1.75. The summed E-state index contributed by atoms with van der Waals surface area (Å²) in [6.07, 6.45) is 2.01. The first-order chi connectivity index (χ1) is 7.22. The van der Waals surface area contributed by atoms with Gasteiger partial charge in [-0.2, -0.15) is 0 Å². The van der Waals surface area contributed by atoms with Gasteiger partial charge in [0.15, 0.2) is 0 Å². The van der Waals surface area contributed by atoms with Gasteiger partial charge in [0.25, 0.3) is 0 Å². The molecule has 2 rings (SSSR count). The van der Waals surface area contributed by atoms with Crippen LogP contribution < -0.4 is 0 Å². The predicted octanol–water partition coefficient (Wildman–Crippen LogP) is 2.10. The number of likely N-dealkylation sites (tertiary alicyclic amines) is 1. The second-order valence-corrected chi connectivity index (χ2v) is 3.57. The van der Waals surface area contributed by atoms with Gasteiger partial charge in [-0.25, -0.2) is 4.39 Å². The van der Waals surface area contributed by atoms with Crippen LogP contribution >= 0.6 is 0 Å². The third-order valence-corrected chi connectivity index (χ3v) is 2.67. The number of benzene rings is 1. The van der Waals surface area contributed by atoms with E-state index in [-0.39, 0.29) is 11.9 Å². The lowest BCUT2D eigenvalue weighted by molar-refractivity contribution is -0.115. The fourth-order valence-electron chi connectivity index (χ4n) is 1.88. The molecule has 1 heterocycles. The number of carbonyl (C=O) groups is 1. The maximum atomic E-state index is 12.7. The molecule has 1 amide bonds. The topological polar surface area (TPSA) is 44.2 Å². The second kappa shape index (κ2) is 3.81. The maximum absolute atomic E-state index is 12.7. The number of hydrogen-bond donors (Lipinski definition) is 1. The van der Waals surface area contributed by atoms with Crippen LogP contribution in [0, 0.1) is 11.2 Å². The zero-order chi connectivity index (χ0) is 10.8. The Balaban J connectivity index is 2.27. The van der Waals surface area contributed by atoms with Gasteiger partial charge in [-0.15, -0.1) is 0 Å². The van der Waals surface area contributed by atoms with E-state index in [4.69, 9.17) is 5.41 Å². The highest BCUT2D eigenvalue weighted by Gasteiger charge is 2.28. The van der Waals surface area contributed by atoms with E-state index in [1.165, 1.54) is 17.0 Å². The van der Waals surface area contributed by atoms with E-state index in [0.29, 0.717) is 18.7 Å². The number of nitrogens with zero attached hydrogens (tertiary/aromatic N) is 1. The Morgan fingerprint density at radius 1 is 1.40 bits per heavy atom. The number of amides is 1. The molecule has 0 radical (unpaired) electrons. The van der Waals surface area contributed by atoms with Gasteiger partial charge >= 0.3 is 0 Å². The summed E-state index contributed by atoms with van der Waals surface area (Å²) >= 11 is 0. The minimum absolute atomic E-state index is 0.101. The average molecular weight is 206 g/mol. The van der Waals surface area contributed by atoms with Crippen LogP contribution in [0.2, 0.25) is 0 Å². The fraction of sp³-hybridized carbons (Fsp3) is 0.273. The van der Waals surface area contributed by atoms with Crippen molar-refractivity contribution >= 4 is 12.2 Å². The van der Waals surface area contributed by atoms with Crippen LogP contribution in [-0.2, 0) is 4.79 Å². The van der Waals surface area contributed by atoms with Crippen LogP contribution in [0.1, 0.15) is 24.4 Å². The van der Waals surface area contributed by atoms with Crippen molar-refractivity contribution in [3.8, 4) is 0 Å². The first kappa shape index (κ1) is 9.83. The summed E-state index contributed by atoms with van der Waals surface area (Å²) in [6, 6.07) is 5.97. The molecule has 0 spiro atoms. The van der Waals surface area contributed by atoms with E-state index < -0.39 is 0 Å². The molecule has 1 aromatic rings. The Morgan fingerprint density at radius 2 is 2.07 bits per heavy atom. The summed E-state index contributed by atoms with van der Waals surface area (Å²) < 4.78 is 12.7. The average Bonchev–Trinajstić information content (AvgIpc) is 2.61. The molecule has 15 heavy (non-hydrogen) atoms. The summed E-state index contributed by atoms with van der Waals surface area (Å²) in [7, 11) is 0. The van der Waals surface area contributed by atoms with Crippen LogP contribution in [-0.4, -0.2) is 17.1 Å². The highest BCUT2D eigenvalue weighted by molar-refractivity contribution is 5.90. The summed E-state index contributed by atoms with van der Waals surface area (Å²) in [5.74, 6) is 0.0452. The normalized spacial score (nSPS) is 20.7. The zero-order valence-corrected chi connectivity index (χ0v) is 8.11. The summed E-state index contributed by atoms with van der Waals surface area (Å²) in [5, 5.41) is 7.55. The van der Waals surface area contributed by atoms with Crippen LogP contribution in [0.15, 0.2) is 24.3 Å². The molecule has 0 bridgehead atoms. The Labute approximate surface area is 87.0 Å². The number of rotatable bonds is 2. The molecule has 1 N–H and O–H groups in total. The molecule has 3 nitrogen and oxygen atoms in total. The van der Waals surface area contributed by atoms with E-state index in [2.05, 4.69) is 0 Å². The molecule has 78 valence electrons. The van der Waals surface area contributed by atoms with E-state index >= 15 is 0 Å². The summed E-state index contributed by atoms with van der Waals surface area (Å²) in [5.41, 5.74) is 0.880. The van der Waals surface area contributed by atoms with Crippen molar-refractivity contribution in [3.63, 3.8) is 0 Å². The summed E-state index contributed by atoms with van der Waals surface area (Å²) in [6.45, 7) is 0. The van der Waals surface area contributed by atoms with Gasteiger partial charge in [-0.1, -0.05) is 12.1 Å². The Bertz CT molecular complexity index is 388. The Hall–Kier alpha value is -1.71. The smallest absolute Gasteiger partial charge is 0.215 e. The van der Waals surface area contributed by atoms with Gasteiger partial charge < -0.3 is 0 Å². The van der Waals surface area contributed by atoms with Gasteiger partial charge in [-0.3, -0.25) is 15.1 Å². The Kier molecular flexibility index (Phi) is 2.49. The van der Waals surface area contributed by atoms with Crippen molar-refractivity contribution in [2.24, 2.45) is 0 Å². The number of amidine groups is 1. The Morgan fingerprint density at radius 3 is 2.67 bits per heavy atom. The largest absolute Gasteiger partial charge is 0.296 e. The lowest BCUT2D eigenvalue weighted by atomic mass is 10.1. The lowest BCUT2D eigenvalue weighted by Crippen LogP contribution is -2.25. The molecule has 1 unspecified atom stereocenters. The van der Waals surface area contributed by atoms with E-state index in [1.807, 2.05) is 0 Å². The van der Waals surface area contributed by atoms with Crippen LogP contribution in [0.5, 0.6) is 0 Å². The number of carbonyl (C=O) groups excluding carboxylic acids is 1. The molecular formula is C11H11FN2O. The van der Waals surface area contributed by atoms with Gasteiger partial charge in [0.1, 0.15) is 11.7 Å². The van der Waals surface area contributed by atoms with Crippen molar-refractivity contribution in [3.05, 3.63) is 35.6 Å². The van der Waals surface area contributed by atoms with Crippen molar-refractivity contribution < 1.29 is 9.18 Å². The van der Waals surface area contributed by atoms with Crippen molar-refractivity contribution in [2.45, 2.75) is 18.9 Å². The molecule has 1 saturated heterocycles. The van der Waals surface area contributed by atoms with E-state index in [9.17, 15) is 9.18 Å². The summed E-state index contributed by atoms with van der Waals surface area (Å²) in [4.78, 5) is 12.2. The van der Waals surface area contributed by atoms with Crippen molar-refractivity contribution in [2.75, 3.05) is 0 Å². The SMILES string of the molecule is N=C1CCC(c2ccc(F)cc2)N1C=O. The fourth-order valence-corrected chi connectivity index (χ4v) is 1.88.